The Hall–Kier alpha value is -3.54. The van der Waals surface area contributed by atoms with Gasteiger partial charge in [-0.25, -0.2) is 0 Å². The van der Waals surface area contributed by atoms with Crippen LogP contribution in [0.2, 0.25) is 5.02 Å². The molecule has 4 nitrogen and oxygen atoms in total. The monoisotopic (exact) mass is 568 g/mol. The van der Waals surface area contributed by atoms with Gasteiger partial charge in [0.05, 0.1) is 16.6 Å². The van der Waals surface area contributed by atoms with Crippen LogP contribution in [0, 0.1) is 0 Å². The van der Waals surface area contributed by atoms with Crippen molar-refractivity contribution in [1.82, 2.24) is 10.2 Å². The summed E-state index contributed by atoms with van der Waals surface area (Å²) in [5, 5.41) is 3.32. The molecule has 4 aromatic carbocycles. The van der Waals surface area contributed by atoms with Gasteiger partial charge in [0, 0.05) is 5.75 Å². The maximum atomic E-state index is 14.1. The molecule has 0 aliphatic carbocycles. The lowest BCUT2D eigenvalue weighted by Crippen LogP contribution is -2.49. The first kappa shape index (κ1) is 28.0. The number of hydrogen-bond donors (Lipinski definition) is 1. The molecular weight excluding hydrogens is 536 g/mol. The van der Waals surface area contributed by atoms with Crippen molar-refractivity contribution < 1.29 is 9.59 Å². The van der Waals surface area contributed by atoms with Crippen LogP contribution in [-0.4, -0.2) is 28.5 Å². The minimum atomic E-state index is -0.670. The van der Waals surface area contributed by atoms with Gasteiger partial charge in [-0.15, -0.1) is 11.8 Å². The van der Waals surface area contributed by atoms with Crippen LogP contribution >= 0.6 is 23.4 Å². The van der Waals surface area contributed by atoms with Crippen LogP contribution in [0.25, 0.3) is 0 Å². The number of hydrogen-bond acceptors (Lipinski definition) is 3. The summed E-state index contributed by atoms with van der Waals surface area (Å²) in [7, 11) is 0. The van der Waals surface area contributed by atoms with Crippen LogP contribution in [0.3, 0.4) is 0 Å². The van der Waals surface area contributed by atoms with Gasteiger partial charge in [0.15, 0.2) is 0 Å². The first-order chi connectivity index (χ1) is 19.2. The SMILES string of the molecule is CC(C)(C)c1ccc(C2SCC(C(=O)NC(c3ccccc3)c3ccccc3)N2C(=O)c2ccccc2Cl)cc1. The Morgan fingerprint density at radius 1 is 0.825 bits per heavy atom. The zero-order valence-corrected chi connectivity index (χ0v) is 24.5. The molecule has 5 rings (SSSR count). The molecular formula is C34H33ClN2O2S. The Bertz CT molecular complexity index is 1430. The van der Waals surface area contributed by atoms with Crippen molar-refractivity contribution >= 4 is 35.2 Å². The summed E-state index contributed by atoms with van der Waals surface area (Å²) in [4.78, 5) is 29.8. The molecule has 0 spiro atoms. The molecule has 1 aliphatic heterocycles. The van der Waals surface area contributed by atoms with Crippen molar-refractivity contribution in [2.75, 3.05) is 5.75 Å². The first-order valence-corrected chi connectivity index (χ1v) is 14.9. The zero-order chi connectivity index (χ0) is 28.3. The van der Waals surface area contributed by atoms with Gasteiger partial charge in [-0.3, -0.25) is 9.59 Å². The highest BCUT2D eigenvalue weighted by molar-refractivity contribution is 7.99. The van der Waals surface area contributed by atoms with E-state index < -0.39 is 6.04 Å². The van der Waals surface area contributed by atoms with E-state index in [1.807, 2.05) is 60.7 Å². The first-order valence-electron chi connectivity index (χ1n) is 13.4. The van der Waals surface area contributed by atoms with E-state index in [4.69, 9.17) is 11.6 Å². The van der Waals surface area contributed by atoms with Crippen molar-refractivity contribution in [2.24, 2.45) is 0 Å². The van der Waals surface area contributed by atoms with Crippen molar-refractivity contribution in [1.29, 1.82) is 0 Å². The quantitative estimate of drug-likeness (QED) is 0.258. The van der Waals surface area contributed by atoms with Crippen LogP contribution in [0.4, 0.5) is 0 Å². The highest BCUT2D eigenvalue weighted by Gasteiger charge is 2.43. The average Bonchev–Trinajstić information content (AvgIpc) is 3.42. The molecule has 1 N–H and O–H groups in total. The largest absolute Gasteiger partial charge is 0.343 e. The molecule has 1 aliphatic rings. The Balaban J connectivity index is 1.50. The van der Waals surface area contributed by atoms with Crippen LogP contribution in [0.1, 0.15) is 64.8 Å². The lowest BCUT2D eigenvalue weighted by Gasteiger charge is -2.31. The number of carbonyl (C=O) groups is 2. The van der Waals surface area contributed by atoms with Crippen molar-refractivity contribution in [3.63, 3.8) is 0 Å². The molecule has 40 heavy (non-hydrogen) atoms. The number of rotatable bonds is 6. The van der Waals surface area contributed by atoms with Crippen LogP contribution in [-0.2, 0) is 10.2 Å². The van der Waals surface area contributed by atoms with Gasteiger partial charge in [-0.1, -0.05) is 129 Å². The Labute approximate surface area is 245 Å². The molecule has 1 heterocycles. The van der Waals surface area contributed by atoms with Crippen molar-refractivity contribution in [2.45, 2.75) is 43.6 Å². The molecule has 0 bridgehead atoms. The highest BCUT2D eigenvalue weighted by atomic mass is 35.5. The molecule has 0 aromatic heterocycles. The predicted molar refractivity (Wildman–Crippen MR) is 165 cm³/mol. The van der Waals surface area contributed by atoms with Gasteiger partial charge in [-0.2, -0.15) is 0 Å². The third-order valence-electron chi connectivity index (χ3n) is 7.26. The van der Waals surface area contributed by atoms with E-state index in [0.717, 1.165) is 16.7 Å². The number of benzene rings is 4. The van der Waals surface area contributed by atoms with Gasteiger partial charge in [-0.05, 0) is 39.8 Å². The number of nitrogens with one attached hydrogen (secondary N) is 1. The molecule has 2 amide bonds. The summed E-state index contributed by atoms with van der Waals surface area (Å²) in [6, 6.07) is 34.2. The van der Waals surface area contributed by atoms with E-state index in [2.05, 4.69) is 50.4 Å². The molecule has 4 aromatic rings. The zero-order valence-electron chi connectivity index (χ0n) is 22.9. The van der Waals surface area contributed by atoms with Crippen LogP contribution in [0.5, 0.6) is 0 Å². The molecule has 0 saturated carbocycles. The minimum absolute atomic E-state index is 0.0146. The Morgan fingerprint density at radius 3 is 1.93 bits per heavy atom. The third-order valence-corrected chi connectivity index (χ3v) is 8.91. The fraction of sp³-hybridized carbons (Fsp3) is 0.235. The second-order valence-electron chi connectivity index (χ2n) is 11.0. The molecule has 0 radical (unpaired) electrons. The van der Waals surface area contributed by atoms with E-state index >= 15 is 0 Å². The molecule has 2 atom stereocenters. The predicted octanol–water partition coefficient (Wildman–Crippen LogP) is 7.80. The molecule has 1 saturated heterocycles. The lowest BCUT2D eigenvalue weighted by molar-refractivity contribution is -0.125. The van der Waals surface area contributed by atoms with Gasteiger partial charge < -0.3 is 10.2 Å². The van der Waals surface area contributed by atoms with Gasteiger partial charge in [0.1, 0.15) is 11.4 Å². The van der Waals surface area contributed by atoms with E-state index in [1.54, 1.807) is 40.9 Å². The number of amides is 2. The van der Waals surface area contributed by atoms with Crippen molar-refractivity contribution in [3.05, 3.63) is 142 Å². The smallest absolute Gasteiger partial charge is 0.257 e. The van der Waals surface area contributed by atoms with Crippen LogP contribution in [0.15, 0.2) is 109 Å². The maximum Gasteiger partial charge on any atom is 0.257 e. The fourth-order valence-electron chi connectivity index (χ4n) is 5.02. The normalized spacial score (nSPS) is 17.2. The molecule has 1 fully saturated rings. The van der Waals surface area contributed by atoms with Gasteiger partial charge in [0.25, 0.3) is 5.91 Å². The third kappa shape index (κ3) is 5.96. The summed E-state index contributed by atoms with van der Waals surface area (Å²) < 4.78 is 0. The van der Waals surface area contributed by atoms with Crippen LogP contribution < -0.4 is 5.32 Å². The minimum Gasteiger partial charge on any atom is -0.343 e. The number of carbonyl (C=O) groups excluding carboxylic acids is 2. The second-order valence-corrected chi connectivity index (χ2v) is 12.5. The summed E-state index contributed by atoms with van der Waals surface area (Å²) in [5.74, 6) is 0.0281. The number of nitrogens with zero attached hydrogens (tertiary/aromatic N) is 1. The number of thioether (sulfide) groups is 1. The summed E-state index contributed by atoms with van der Waals surface area (Å²) in [6.07, 6.45) is 0. The second kappa shape index (κ2) is 11.9. The Morgan fingerprint density at radius 2 is 1.38 bits per heavy atom. The summed E-state index contributed by atoms with van der Waals surface area (Å²) >= 11 is 8.08. The Kier molecular flexibility index (Phi) is 8.34. The maximum absolute atomic E-state index is 14.1. The highest BCUT2D eigenvalue weighted by Crippen LogP contribution is 2.43. The van der Waals surface area contributed by atoms with E-state index in [9.17, 15) is 9.59 Å². The van der Waals surface area contributed by atoms with E-state index in [-0.39, 0.29) is 28.6 Å². The van der Waals surface area contributed by atoms with E-state index in [1.165, 1.54) is 5.56 Å². The summed E-state index contributed by atoms with van der Waals surface area (Å²) in [5.41, 5.74) is 4.56. The topological polar surface area (TPSA) is 49.4 Å². The fourth-order valence-corrected chi connectivity index (χ4v) is 6.67. The average molecular weight is 569 g/mol. The van der Waals surface area contributed by atoms with E-state index in [0.29, 0.717) is 16.3 Å². The standard InChI is InChI=1S/C34H33ClN2O2S/c1-34(2,3)26-20-18-25(19-21-26)33-37(32(39)27-16-10-11-17-28(27)35)29(22-40-33)31(38)36-30(23-12-6-4-7-13-23)24-14-8-5-9-15-24/h4-21,29-30,33H,22H2,1-3H3,(H,36,38). The lowest BCUT2D eigenvalue weighted by atomic mass is 9.86. The molecule has 6 heteroatoms. The number of halogens is 1. The van der Waals surface area contributed by atoms with Gasteiger partial charge >= 0.3 is 0 Å². The summed E-state index contributed by atoms with van der Waals surface area (Å²) in [6.45, 7) is 6.53. The molecule has 204 valence electrons. The molecule has 2 unspecified atom stereocenters. The van der Waals surface area contributed by atoms with Crippen molar-refractivity contribution in [3.8, 4) is 0 Å². The van der Waals surface area contributed by atoms with Gasteiger partial charge in [0.2, 0.25) is 5.91 Å².